The van der Waals surface area contributed by atoms with E-state index in [1.807, 2.05) is 6.07 Å². The molecule has 1 aromatic carbocycles. The number of benzene rings is 1. The van der Waals surface area contributed by atoms with Crippen LogP contribution in [0, 0.1) is 0 Å². The van der Waals surface area contributed by atoms with Crippen molar-refractivity contribution in [3.05, 3.63) is 36.1 Å². The van der Waals surface area contributed by atoms with Crippen LogP contribution < -0.4 is 5.32 Å². The Hall–Kier alpha value is -1.28. The Morgan fingerprint density at radius 2 is 2.27 bits per heavy atom. The summed E-state index contributed by atoms with van der Waals surface area (Å²) in [5.41, 5.74) is 2.43. The van der Waals surface area contributed by atoms with Gasteiger partial charge in [-0.3, -0.25) is 0 Å². The third-order valence-corrected chi connectivity index (χ3v) is 3.24. The van der Waals surface area contributed by atoms with Crippen molar-refractivity contribution in [2.45, 2.75) is 18.8 Å². The third kappa shape index (κ3) is 1.65. The largest absolute Gasteiger partial charge is 0.464 e. The van der Waals surface area contributed by atoms with E-state index >= 15 is 0 Å². The van der Waals surface area contributed by atoms with Crippen molar-refractivity contribution in [2.24, 2.45) is 0 Å². The maximum Gasteiger partial charge on any atom is 0.133 e. The predicted octanol–water partition coefficient (Wildman–Crippen LogP) is 2.90. The fourth-order valence-corrected chi connectivity index (χ4v) is 2.38. The summed E-state index contributed by atoms with van der Waals surface area (Å²) in [7, 11) is 0. The van der Waals surface area contributed by atoms with Gasteiger partial charge in [0.25, 0.3) is 0 Å². The second kappa shape index (κ2) is 3.70. The van der Waals surface area contributed by atoms with E-state index in [2.05, 4.69) is 23.5 Å². The number of rotatable bonds is 1. The molecule has 2 aromatic rings. The van der Waals surface area contributed by atoms with Crippen molar-refractivity contribution in [3.8, 4) is 0 Å². The van der Waals surface area contributed by atoms with Crippen molar-refractivity contribution in [3.63, 3.8) is 0 Å². The Morgan fingerprint density at radius 1 is 1.27 bits per heavy atom. The summed E-state index contributed by atoms with van der Waals surface area (Å²) >= 11 is 0. The molecule has 0 radical (unpaired) electrons. The van der Waals surface area contributed by atoms with Gasteiger partial charge in [-0.1, -0.05) is 6.07 Å². The van der Waals surface area contributed by atoms with Crippen LogP contribution in [0.25, 0.3) is 11.0 Å². The van der Waals surface area contributed by atoms with Crippen LogP contribution in [-0.4, -0.2) is 13.1 Å². The molecule has 0 bridgehead atoms. The van der Waals surface area contributed by atoms with Crippen molar-refractivity contribution < 1.29 is 4.42 Å². The SMILES string of the molecule is c1cc2cc(C3CCCNC3)ccc2o1. The van der Waals surface area contributed by atoms with Crippen LogP contribution in [0.1, 0.15) is 24.3 Å². The summed E-state index contributed by atoms with van der Waals surface area (Å²) in [4.78, 5) is 0. The molecule has 1 aromatic heterocycles. The molecule has 1 unspecified atom stereocenters. The summed E-state index contributed by atoms with van der Waals surface area (Å²) in [5.74, 6) is 0.679. The molecule has 1 atom stereocenters. The molecule has 0 saturated carbocycles. The average Bonchev–Trinajstić information content (AvgIpc) is 2.77. The van der Waals surface area contributed by atoms with E-state index in [4.69, 9.17) is 4.42 Å². The van der Waals surface area contributed by atoms with Gasteiger partial charge >= 0.3 is 0 Å². The number of hydrogen-bond acceptors (Lipinski definition) is 2. The highest BCUT2D eigenvalue weighted by atomic mass is 16.3. The molecule has 3 rings (SSSR count). The fourth-order valence-electron chi connectivity index (χ4n) is 2.38. The van der Waals surface area contributed by atoms with E-state index in [1.165, 1.54) is 30.3 Å². The van der Waals surface area contributed by atoms with Gasteiger partial charge in [0.1, 0.15) is 5.58 Å². The van der Waals surface area contributed by atoms with Gasteiger partial charge in [0.15, 0.2) is 0 Å². The van der Waals surface area contributed by atoms with Gasteiger partial charge < -0.3 is 9.73 Å². The van der Waals surface area contributed by atoms with Crippen LogP contribution >= 0.6 is 0 Å². The smallest absolute Gasteiger partial charge is 0.133 e. The first-order chi connectivity index (χ1) is 7.43. The van der Waals surface area contributed by atoms with E-state index in [1.54, 1.807) is 6.26 Å². The van der Waals surface area contributed by atoms with E-state index in [0.717, 1.165) is 12.1 Å². The number of furan rings is 1. The number of nitrogens with one attached hydrogen (secondary N) is 1. The normalized spacial score (nSPS) is 22.0. The van der Waals surface area contributed by atoms with E-state index in [-0.39, 0.29) is 0 Å². The van der Waals surface area contributed by atoms with E-state index in [9.17, 15) is 0 Å². The molecule has 1 aliphatic rings. The van der Waals surface area contributed by atoms with Crippen LogP contribution in [-0.2, 0) is 0 Å². The summed E-state index contributed by atoms with van der Waals surface area (Å²) in [5, 5.41) is 4.67. The lowest BCUT2D eigenvalue weighted by Crippen LogP contribution is -2.28. The summed E-state index contributed by atoms with van der Waals surface area (Å²) < 4.78 is 5.34. The van der Waals surface area contributed by atoms with Gasteiger partial charge in [-0.15, -0.1) is 0 Å². The Bertz CT molecular complexity index is 454. The number of hydrogen-bond donors (Lipinski definition) is 1. The van der Waals surface area contributed by atoms with Crippen LogP contribution in [0.15, 0.2) is 34.9 Å². The van der Waals surface area contributed by atoms with E-state index < -0.39 is 0 Å². The van der Waals surface area contributed by atoms with Gasteiger partial charge in [-0.2, -0.15) is 0 Å². The zero-order chi connectivity index (χ0) is 10.1. The van der Waals surface area contributed by atoms with Crippen molar-refractivity contribution in [1.82, 2.24) is 5.32 Å². The van der Waals surface area contributed by atoms with Crippen LogP contribution in [0.3, 0.4) is 0 Å². The van der Waals surface area contributed by atoms with Crippen molar-refractivity contribution in [1.29, 1.82) is 0 Å². The molecule has 2 nitrogen and oxygen atoms in total. The molecule has 0 spiro atoms. The lowest BCUT2D eigenvalue weighted by atomic mass is 9.91. The second-order valence-electron chi connectivity index (χ2n) is 4.26. The minimum atomic E-state index is 0.679. The summed E-state index contributed by atoms with van der Waals surface area (Å²) in [6, 6.07) is 8.58. The lowest BCUT2D eigenvalue weighted by molar-refractivity contribution is 0.462. The molecule has 78 valence electrons. The molecule has 15 heavy (non-hydrogen) atoms. The summed E-state index contributed by atoms with van der Waals surface area (Å²) in [6.45, 7) is 2.29. The first-order valence-electron chi connectivity index (χ1n) is 5.61. The molecule has 1 saturated heterocycles. The van der Waals surface area contributed by atoms with Gasteiger partial charge in [0.2, 0.25) is 0 Å². The minimum absolute atomic E-state index is 0.679. The number of fused-ring (bicyclic) bond motifs is 1. The third-order valence-electron chi connectivity index (χ3n) is 3.24. The van der Waals surface area contributed by atoms with Crippen molar-refractivity contribution >= 4 is 11.0 Å². The molecule has 2 heteroatoms. The second-order valence-corrected chi connectivity index (χ2v) is 4.26. The highest BCUT2D eigenvalue weighted by molar-refractivity contribution is 5.77. The van der Waals surface area contributed by atoms with Gasteiger partial charge in [-0.25, -0.2) is 0 Å². The van der Waals surface area contributed by atoms with Crippen LogP contribution in [0.4, 0.5) is 0 Å². The lowest BCUT2D eigenvalue weighted by Gasteiger charge is -2.23. The maximum absolute atomic E-state index is 5.34. The molecule has 1 aliphatic heterocycles. The quantitative estimate of drug-likeness (QED) is 0.767. The Balaban J connectivity index is 1.95. The predicted molar refractivity (Wildman–Crippen MR) is 61.1 cm³/mol. The summed E-state index contributed by atoms with van der Waals surface area (Å²) in [6.07, 6.45) is 4.35. The molecule has 2 heterocycles. The first-order valence-corrected chi connectivity index (χ1v) is 5.61. The molecule has 0 amide bonds. The minimum Gasteiger partial charge on any atom is -0.464 e. The highest BCUT2D eigenvalue weighted by Gasteiger charge is 2.15. The average molecular weight is 201 g/mol. The van der Waals surface area contributed by atoms with Gasteiger partial charge in [-0.05, 0) is 49.1 Å². The Labute approximate surface area is 89.3 Å². The molecule has 1 N–H and O–H groups in total. The van der Waals surface area contributed by atoms with E-state index in [0.29, 0.717) is 5.92 Å². The molecule has 0 aliphatic carbocycles. The molecule has 1 fully saturated rings. The first kappa shape index (κ1) is 8.98. The fraction of sp³-hybridized carbons (Fsp3) is 0.385. The zero-order valence-electron chi connectivity index (χ0n) is 8.70. The van der Waals surface area contributed by atoms with Crippen molar-refractivity contribution in [2.75, 3.05) is 13.1 Å². The Kier molecular flexibility index (Phi) is 2.22. The molecular formula is C13H15NO. The van der Waals surface area contributed by atoms with Crippen LogP contribution in [0.5, 0.6) is 0 Å². The number of piperidine rings is 1. The van der Waals surface area contributed by atoms with Gasteiger partial charge in [0, 0.05) is 11.9 Å². The maximum atomic E-state index is 5.34. The standard InChI is InChI=1S/C13H15NO/c1-2-12(9-14-6-1)10-3-4-13-11(8-10)5-7-15-13/h3-5,7-8,12,14H,1-2,6,9H2. The topological polar surface area (TPSA) is 25.2 Å². The monoisotopic (exact) mass is 201 g/mol. The van der Waals surface area contributed by atoms with Crippen LogP contribution in [0.2, 0.25) is 0 Å². The zero-order valence-corrected chi connectivity index (χ0v) is 8.70. The Morgan fingerprint density at radius 3 is 3.13 bits per heavy atom. The molecular weight excluding hydrogens is 186 g/mol. The highest BCUT2D eigenvalue weighted by Crippen LogP contribution is 2.26. The van der Waals surface area contributed by atoms with Gasteiger partial charge in [0.05, 0.1) is 6.26 Å².